The molecule has 1 amide bonds. The number of ether oxygens (including phenoxy) is 1. The summed E-state index contributed by atoms with van der Waals surface area (Å²) in [6, 6.07) is 5.33. The van der Waals surface area contributed by atoms with Crippen molar-refractivity contribution in [2.24, 2.45) is 0 Å². The van der Waals surface area contributed by atoms with Gasteiger partial charge in [0, 0.05) is 23.7 Å². The first-order valence-electron chi connectivity index (χ1n) is 6.83. The first-order chi connectivity index (χ1) is 9.16. The molecule has 0 unspecified atom stereocenters. The molecule has 3 nitrogen and oxygen atoms in total. The quantitative estimate of drug-likeness (QED) is 0.919. The predicted molar refractivity (Wildman–Crippen MR) is 76.7 cm³/mol. The molecule has 0 radical (unpaired) electrons. The third kappa shape index (κ3) is 4.22. The Kier molecular flexibility index (Phi) is 5.23. The highest BCUT2D eigenvalue weighted by atomic mass is 35.5. The van der Waals surface area contributed by atoms with E-state index in [-0.39, 0.29) is 5.91 Å². The molecule has 1 aromatic carbocycles. The summed E-state index contributed by atoms with van der Waals surface area (Å²) in [5.74, 6) is -0.0458. The van der Waals surface area contributed by atoms with Gasteiger partial charge in [0.15, 0.2) is 0 Å². The second-order valence-corrected chi connectivity index (χ2v) is 5.40. The molecule has 1 aliphatic heterocycles. The second-order valence-electron chi connectivity index (χ2n) is 5.00. The number of hydrogen-bond donors (Lipinski definition) is 1. The van der Waals surface area contributed by atoms with Gasteiger partial charge in [-0.1, -0.05) is 11.6 Å². The fourth-order valence-corrected chi connectivity index (χ4v) is 2.39. The van der Waals surface area contributed by atoms with Crippen molar-refractivity contribution in [1.82, 2.24) is 5.32 Å². The third-order valence-corrected chi connectivity index (χ3v) is 3.87. The first-order valence-corrected chi connectivity index (χ1v) is 7.20. The first kappa shape index (κ1) is 14.4. The van der Waals surface area contributed by atoms with Crippen molar-refractivity contribution in [3.63, 3.8) is 0 Å². The number of hydrogen-bond acceptors (Lipinski definition) is 2. The van der Waals surface area contributed by atoms with E-state index in [9.17, 15) is 4.79 Å². The number of nitrogens with one attached hydrogen (secondary N) is 1. The fourth-order valence-electron chi connectivity index (χ4n) is 2.27. The molecule has 0 saturated carbocycles. The number of carbonyl (C=O) groups is 1. The van der Waals surface area contributed by atoms with E-state index < -0.39 is 0 Å². The highest BCUT2D eigenvalue weighted by Gasteiger charge is 2.14. The Morgan fingerprint density at radius 2 is 2.32 bits per heavy atom. The minimum absolute atomic E-state index is 0.0458. The van der Waals surface area contributed by atoms with E-state index in [1.807, 2.05) is 13.0 Å². The predicted octanol–water partition coefficient (Wildman–Crippen LogP) is 3.34. The van der Waals surface area contributed by atoms with Crippen LogP contribution >= 0.6 is 11.6 Å². The molecule has 0 aromatic heterocycles. The van der Waals surface area contributed by atoms with Gasteiger partial charge in [0.05, 0.1) is 6.10 Å². The average Bonchev–Trinajstić information content (AvgIpc) is 2.43. The van der Waals surface area contributed by atoms with Gasteiger partial charge in [-0.05, 0) is 56.4 Å². The SMILES string of the molecule is Cc1cc(C(=O)NCC[C@@H]2CCCCO2)ccc1Cl. The van der Waals surface area contributed by atoms with Crippen molar-refractivity contribution >= 4 is 17.5 Å². The molecular formula is C15H20ClNO2. The number of benzene rings is 1. The topological polar surface area (TPSA) is 38.3 Å². The van der Waals surface area contributed by atoms with Crippen LogP contribution in [0.25, 0.3) is 0 Å². The zero-order chi connectivity index (χ0) is 13.7. The van der Waals surface area contributed by atoms with Gasteiger partial charge in [-0.25, -0.2) is 0 Å². The fraction of sp³-hybridized carbons (Fsp3) is 0.533. The Labute approximate surface area is 119 Å². The van der Waals surface area contributed by atoms with Crippen molar-refractivity contribution in [3.05, 3.63) is 34.3 Å². The lowest BCUT2D eigenvalue weighted by atomic mass is 10.1. The van der Waals surface area contributed by atoms with Crippen LogP contribution in [0, 0.1) is 6.92 Å². The molecule has 0 aliphatic carbocycles. The maximum absolute atomic E-state index is 12.0. The lowest BCUT2D eigenvalue weighted by Gasteiger charge is -2.22. The van der Waals surface area contributed by atoms with Crippen LogP contribution in [-0.4, -0.2) is 25.2 Å². The van der Waals surface area contributed by atoms with Gasteiger partial charge in [-0.3, -0.25) is 4.79 Å². The molecule has 1 aliphatic rings. The van der Waals surface area contributed by atoms with E-state index in [2.05, 4.69) is 5.32 Å². The Morgan fingerprint density at radius 3 is 3.00 bits per heavy atom. The van der Waals surface area contributed by atoms with Crippen LogP contribution in [0.4, 0.5) is 0 Å². The molecular weight excluding hydrogens is 262 g/mol. The smallest absolute Gasteiger partial charge is 0.251 e. The Bertz CT molecular complexity index is 442. The van der Waals surface area contributed by atoms with Gasteiger partial charge in [0.1, 0.15) is 0 Å². The van der Waals surface area contributed by atoms with Crippen LogP contribution in [0.1, 0.15) is 41.6 Å². The number of carbonyl (C=O) groups excluding carboxylic acids is 1. The summed E-state index contributed by atoms with van der Waals surface area (Å²) in [6.07, 6.45) is 4.69. The summed E-state index contributed by atoms with van der Waals surface area (Å²) in [5.41, 5.74) is 1.58. The largest absolute Gasteiger partial charge is 0.378 e. The normalized spacial score (nSPS) is 19.2. The van der Waals surface area contributed by atoms with Gasteiger partial charge >= 0.3 is 0 Å². The number of halogens is 1. The summed E-state index contributed by atoms with van der Waals surface area (Å²) in [5, 5.41) is 3.62. The zero-order valence-electron chi connectivity index (χ0n) is 11.2. The third-order valence-electron chi connectivity index (χ3n) is 3.45. The molecule has 1 saturated heterocycles. The maximum Gasteiger partial charge on any atom is 0.251 e. The van der Waals surface area contributed by atoms with E-state index in [1.165, 1.54) is 6.42 Å². The molecule has 104 valence electrons. The van der Waals surface area contributed by atoms with E-state index in [0.717, 1.165) is 31.4 Å². The Balaban J connectivity index is 1.78. The molecule has 1 fully saturated rings. The summed E-state index contributed by atoms with van der Waals surface area (Å²) in [6.45, 7) is 3.41. The summed E-state index contributed by atoms with van der Waals surface area (Å²) in [4.78, 5) is 12.0. The Hall–Kier alpha value is -1.06. The van der Waals surface area contributed by atoms with Gasteiger partial charge in [-0.15, -0.1) is 0 Å². The van der Waals surface area contributed by atoms with Crippen LogP contribution in [0.3, 0.4) is 0 Å². The van der Waals surface area contributed by atoms with Gasteiger partial charge in [0.25, 0.3) is 5.91 Å². The van der Waals surface area contributed by atoms with Gasteiger partial charge in [0.2, 0.25) is 0 Å². The Morgan fingerprint density at radius 1 is 1.47 bits per heavy atom. The highest BCUT2D eigenvalue weighted by Crippen LogP contribution is 2.17. The molecule has 1 aromatic rings. The highest BCUT2D eigenvalue weighted by molar-refractivity contribution is 6.31. The monoisotopic (exact) mass is 281 g/mol. The maximum atomic E-state index is 12.0. The van der Waals surface area contributed by atoms with Crippen LogP contribution in [-0.2, 0) is 4.74 Å². The van der Waals surface area contributed by atoms with Crippen LogP contribution < -0.4 is 5.32 Å². The van der Waals surface area contributed by atoms with E-state index in [0.29, 0.717) is 23.2 Å². The zero-order valence-corrected chi connectivity index (χ0v) is 12.0. The van der Waals surface area contributed by atoms with Crippen molar-refractivity contribution in [1.29, 1.82) is 0 Å². The lowest BCUT2D eigenvalue weighted by molar-refractivity contribution is 0.0117. The summed E-state index contributed by atoms with van der Waals surface area (Å²) in [7, 11) is 0. The van der Waals surface area contributed by atoms with Crippen molar-refractivity contribution in [2.75, 3.05) is 13.2 Å². The standard InChI is InChI=1S/C15H20ClNO2/c1-11-10-12(5-6-14(11)16)15(18)17-8-7-13-4-2-3-9-19-13/h5-6,10,13H,2-4,7-9H2,1H3,(H,17,18)/t13-/m0/s1. The van der Waals surface area contributed by atoms with E-state index in [1.54, 1.807) is 12.1 Å². The molecule has 1 atom stereocenters. The van der Waals surface area contributed by atoms with Crippen LogP contribution in [0.5, 0.6) is 0 Å². The number of aryl methyl sites for hydroxylation is 1. The molecule has 1 heterocycles. The summed E-state index contributed by atoms with van der Waals surface area (Å²) < 4.78 is 5.63. The second kappa shape index (κ2) is 6.92. The molecule has 4 heteroatoms. The lowest BCUT2D eigenvalue weighted by Crippen LogP contribution is -2.29. The minimum atomic E-state index is -0.0458. The van der Waals surface area contributed by atoms with Crippen molar-refractivity contribution in [3.8, 4) is 0 Å². The van der Waals surface area contributed by atoms with Gasteiger partial charge < -0.3 is 10.1 Å². The molecule has 2 rings (SSSR count). The van der Waals surface area contributed by atoms with Crippen molar-refractivity contribution < 1.29 is 9.53 Å². The number of amides is 1. The van der Waals surface area contributed by atoms with E-state index in [4.69, 9.17) is 16.3 Å². The molecule has 0 spiro atoms. The number of rotatable bonds is 4. The average molecular weight is 282 g/mol. The van der Waals surface area contributed by atoms with E-state index >= 15 is 0 Å². The van der Waals surface area contributed by atoms with Crippen LogP contribution in [0.15, 0.2) is 18.2 Å². The van der Waals surface area contributed by atoms with Crippen molar-refractivity contribution in [2.45, 2.75) is 38.7 Å². The molecule has 0 bridgehead atoms. The van der Waals surface area contributed by atoms with Crippen LogP contribution in [0.2, 0.25) is 5.02 Å². The minimum Gasteiger partial charge on any atom is -0.378 e. The molecule has 19 heavy (non-hydrogen) atoms. The summed E-state index contributed by atoms with van der Waals surface area (Å²) >= 11 is 5.94. The van der Waals surface area contributed by atoms with Gasteiger partial charge in [-0.2, -0.15) is 0 Å². The molecule has 1 N–H and O–H groups in total.